The Hall–Kier alpha value is -3.56. The van der Waals surface area contributed by atoms with Crippen LogP contribution in [-0.4, -0.2) is 28.9 Å². The van der Waals surface area contributed by atoms with E-state index >= 15 is 0 Å². The average molecular weight is 534 g/mol. The van der Waals surface area contributed by atoms with E-state index in [0.717, 1.165) is 65.9 Å². The van der Waals surface area contributed by atoms with Gasteiger partial charge in [0.15, 0.2) is 5.65 Å². The fraction of sp³-hybridized carbons (Fsp3) is 0.345. The van der Waals surface area contributed by atoms with Crippen molar-refractivity contribution in [2.75, 3.05) is 5.32 Å². The summed E-state index contributed by atoms with van der Waals surface area (Å²) in [7, 11) is -3.84. The molecule has 8 nitrogen and oxygen atoms in total. The van der Waals surface area contributed by atoms with E-state index in [1.807, 2.05) is 37.3 Å². The number of rotatable bonds is 11. The molecule has 0 aliphatic carbocycles. The number of primary sulfonamides is 1. The summed E-state index contributed by atoms with van der Waals surface area (Å²) in [5, 5.41) is 8.42. The summed E-state index contributed by atoms with van der Waals surface area (Å²) in [6, 6.07) is 16.4. The van der Waals surface area contributed by atoms with Crippen molar-refractivity contribution in [2.24, 2.45) is 5.14 Å². The van der Waals surface area contributed by atoms with E-state index in [2.05, 4.69) is 23.7 Å². The van der Waals surface area contributed by atoms with Gasteiger partial charge in [-0.05, 0) is 43.0 Å². The maximum atomic E-state index is 12.3. The smallest absolute Gasteiger partial charge is 0.238 e. The number of carbonyl (C=O) groups excluding carboxylic acids is 1. The number of nitrogens with two attached hydrogens (primary N) is 1. The third-order valence-corrected chi connectivity index (χ3v) is 7.54. The Morgan fingerprint density at radius 2 is 1.71 bits per heavy atom. The van der Waals surface area contributed by atoms with Gasteiger partial charge in [0.05, 0.1) is 22.8 Å². The number of sulfonamides is 1. The number of nitrogens with one attached hydrogen (secondary N) is 1. The van der Waals surface area contributed by atoms with Crippen LogP contribution in [0.4, 0.5) is 5.69 Å². The van der Waals surface area contributed by atoms with Crippen LogP contribution in [0, 0.1) is 6.92 Å². The molecule has 2 aromatic carbocycles. The first kappa shape index (κ1) is 27.5. The largest absolute Gasteiger partial charge is 0.324 e. The van der Waals surface area contributed by atoms with E-state index in [4.69, 9.17) is 15.1 Å². The molecule has 2 aromatic heterocycles. The fourth-order valence-electron chi connectivity index (χ4n) is 4.48. The molecule has 0 unspecified atom stereocenters. The van der Waals surface area contributed by atoms with Gasteiger partial charge >= 0.3 is 0 Å². The molecule has 4 aromatic rings. The molecule has 0 saturated carbocycles. The number of unbranched alkanes of at least 4 members (excludes halogenated alkanes) is 2. The lowest BCUT2D eigenvalue weighted by molar-refractivity contribution is -0.116. The molecule has 200 valence electrons. The summed E-state index contributed by atoms with van der Waals surface area (Å²) < 4.78 is 26.2. The molecule has 0 aliphatic rings. The number of aryl methyl sites for hydroxylation is 2. The molecule has 2 heterocycles. The lowest BCUT2D eigenvalue weighted by Gasteiger charge is -2.12. The van der Waals surface area contributed by atoms with Gasteiger partial charge in [0.1, 0.15) is 11.3 Å². The number of imidazole rings is 1. The molecule has 0 fully saturated rings. The predicted octanol–water partition coefficient (Wildman–Crippen LogP) is 5.57. The maximum absolute atomic E-state index is 12.3. The van der Waals surface area contributed by atoms with E-state index < -0.39 is 10.0 Å². The van der Waals surface area contributed by atoms with E-state index in [0.29, 0.717) is 24.2 Å². The molecule has 1 amide bonds. The van der Waals surface area contributed by atoms with Crippen molar-refractivity contribution in [3.05, 3.63) is 71.7 Å². The number of hydrogen-bond acceptors (Lipinski definition) is 5. The van der Waals surface area contributed by atoms with E-state index in [1.54, 1.807) is 18.2 Å². The van der Waals surface area contributed by atoms with Crippen LogP contribution in [0.5, 0.6) is 0 Å². The minimum atomic E-state index is -3.84. The van der Waals surface area contributed by atoms with Gasteiger partial charge in [0, 0.05) is 18.4 Å². The minimum Gasteiger partial charge on any atom is -0.324 e. The van der Waals surface area contributed by atoms with Crippen LogP contribution in [0.2, 0.25) is 0 Å². The molecule has 0 radical (unpaired) electrons. The highest BCUT2D eigenvalue weighted by Gasteiger charge is 2.17. The summed E-state index contributed by atoms with van der Waals surface area (Å²) in [5.74, 6) is 0.942. The van der Waals surface area contributed by atoms with E-state index in [-0.39, 0.29) is 10.8 Å². The summed E-state index contributed by atoms with van der Waals surface area (Å²) in [6.45, 7) is 6.68. The number of fused-ring (bicyclic) bond motifs is 1. The molecular weight excluding hydrogens is 498 g/mol. The summed E-state index contributed by atoms with van der Waals surface area (Å²) in [6.07, 6.45) is 5.18. The molecule has 4 rings (SSSR count). The Labute approximate surface area is 224 Å². The molecule has 3 N–H and O–H groups in total. The summed E-state index contributed by atoms with van der Waals surface area (Å²) in [5.41, 5.74) is 5.37. The lowest BCUT2D eigenvalue weighted by Crippen LogP contribution is -2.13. The number of nitrogens with zero attached hydrogens (tertiary/aromatic N) is 3. The van der Waals surface area contributed by atoms with Crippen LogP contribution in [-0.2, 0) is 27.8 Å². The van der Waals surface area contributed by atoms with Crippen molar-refractivity contribution in [1.82, 2.24) is 14.5 Å². The van der Waals surface area contributed by atoms with E-state index in [9.17, 15) is 13.2 Å². The zero-order chi connectivity index (χ0) is 27.3. The maximum Gasteiger partial charge on any atom is 0.238 e. The third-order valence-electron chi connectivity index (χ3n) is 6.57. The number of aromatic nitrogens is 3. The molecule has 0 bridgehead atoms. The van der Waals surface area contributed by atoms with Crippen molar-refractivity contribution in [1.29, 1.82) is 0 Å². The molecular formula is C29H35N5O3S. The van der Waals surface area contributed by atoms with Gasteiger partial charge in [0.25, 0.3) is 0 Å². The second kappa shape index (κ2) is 11.9. The quantitative estimate of drug-likeness (QED) is 0.261. The Balaban J connectivity index is 1.66. The molecule has 0 saturated heterocycles. The van der Waals surface area contributed by atoms with Crippen LogP contribution in [0.25, 0.3) is 22.3 Å². The first-order valence-electron chi connectivity index (χ1n) is 13.1. The average Bonchev–Trinajstić information content (AvgIpc) is 3.22. The molecule has 38 heavy (non-hydrogen) atoms. The van der Waals surface area contributed by atoms with Crippen molar-refractivity contribution < 1.29 is 13.2 Å². The first-order chi connectivity index (χ1) is 18.2. The van der Waals surface area contributed by atoms with E-state index in [1.165, 1.54) is 6.07 Å². The number of pyridine rings is 1. The third kappa shape index (κ3) is 6.28. The normalized spacial score (nSPS) is 11.7. The fourth-order valence-corrected chi connectivity index (χ4v) is 5.24. The van der Waals surface area contributed by atoms with Crippen molar-refractivity contribution in [3.63, 3.8) is 0 Å². The van der Waals surface area contributed by atoms with Crippen LogP contribution < -0.4 is 10.5 Å². The first-order valence-corrected chi connectivity index (χ1v) is 14.6. The number of anilines is 1. The van der Waals surface area contributed by atoms with Crippen LogP contribution in [0.15, 0.2) is 59.5 Å². The second-order valence-electron chi connectivity index (χ2n) is 9.57. The van der Waals surface area contributed by atoms with Gasteiger partial charge in [-0.3, -0.25) is 4.79 Å². The Kier molecular flexibility index (Phi) is 8.58. The lowest BCUT2D eigenvalue weighted by atomic mass is 10.0. The van der Waals surface area contributed by atoms with Gasteiger partial charge in [-0.1, -0.05) is 69.2 Å². The predicted molar refractivity (Wildman–Crippen MR) is 151 cm³/mol. The van der Waals surface area contributed by atoms with Gasteiger partial charge in [-0.25, -0.2) is 23.5 Å². The number of hydrogen-bond donors (Lipinski definition) is 2. The van der Waals surface area contributed by atoms with Crippen LogP contribution in [0.1, 0.15) is 63.0 Å². The van der Waals surface area contributed by atoms with Crippen LogP contribution >= 0.6 is 0 Å². The SMILES string of the molecule is CCCCC(=O)Nc1cc2nc(CCCC)n(Cc3ccc(-c4ccccc4S(N)(=O)=O)cc3)c2nc1C. The zero-order valence-corrected chi connectivity index (χ0v) is 23.0. The minimum absolute atomic E-state index is 0.00848. The highest BCUT2D eigenvalue weighted by atomic mass is 32.2. The van der Waals surface area contributed by atoms with Crippen LogP contribution in [0.3, 0.4) is 0 Å². The Morgan fingerprint density at radius 1 is 1.00 bits per heavy atom. The molecule has 0 aliphatic heterocycles. The molecule has 0 atom stereocenters. The van der Waals surface area contributed by atoms with Crippen molar-refractivity contribution in [3.8, 4) is 11.1 Å². The van der Waals surface area contributed by atoms with Gasteiger partial charge in [-0.15, -0.1) is 0 Å². The topological polar surface area (TPSA) is 120 Å². The summed E-state index contributed by atoms with van der Waals surface area (Å²) >= 11 is 0. The number of benzene rings is 2. The van der Waals surface area contributed by atoms with Gasteiger partial charge in [-0.2, -0.15) is 0 Å². The van der Waals surface area contributed by atoms with Gasteiger partial charge < -0.3 is 9.88 Å². The highest BCUT2D eigenvalue weighted by molar-refractivity contribution is 7.89. The Bertz CT molecular complexity index is 1540. The standard InChI is InChI=1S/C29H35N5O3S/c1-4-6-12-27-32-25-18-24(33-28(35)13-7-5-2)20(3)31-29(25)34(27)19-21-14-16-22(17-15-21)23-10-8-9-11-26(23)38(30,36)37/h8-11,14-18H,4-7,12-13,19H2,1-3H3,(H,33,35)(H2,30,36,37). The van der Waals surface area contributed by atoms with Crippen molar-refractivity contribution >= 4 is 32.8 Å². The van der Waals surface area contributed by atoms with Crippen molar-refractivity contribution in [2.45, 2.75) is 70.7 Å². The van der Waals surface area contributed by atoms with Gasteiger partial charge in [0.2, 0.25) is 15.9 Å². The molecule has 9 heteroatoms. The molecule has 0 spiro atoms. The zero-order valence-electron chi connectivity index (χ0n) is 22.2. The Morgan fingerprint density at radius 3 is 2.39 bits per heavy atom. The monoisotopic (exact) mass is 533 g/mol. The number of amides is 1. The summed E-state index contributed by atoms with van der Waals surface area (Å²) in [4.78, 5) is 22.2. The number of carbonyl (C=O) groups is 1. The highest BCUT2D eigenvalue weighted by Crippen LogP contribution is 2.28. The second-order valence-corrected chi connectivity index (χ2v) is 11.1.